The number of rotatable bonds is 6. The quantitative estimate of drug-likeness (QED) is 0.523. The highest BCUT2D eigenvalue weighted by Crippen LogP contribution is 2.32. The van der Waals surface area contributed by atoms with Gasteiger partial charge in [-0.05, 0) is 75.6 Å². The van der Waals surface area contributed by atoms with E-state index in [2.05, 4.69) is 19.1 Å². The minimum Gasteiger partial charge on any atom is -0.343 e. The number of thiazole rings is 1. The number of nitrogens with zero attached hydrogens (tertiary/aromatic N) is 3. The number of hydrogen-bond donors (Lipinski definition) is 1. The summed E-state index contributed by atoms with van der Waals surface area (Å²) in [5.74, 6) is -0.235. The first-order valence-corrected chi connectivity index (χ1v) is 13.7. The SMILES string of the molecule is CCN(CC)C(=O)[C@@H]1CCC[NH+]([C@@H]2CC(=O)N(c3ccc(-c4nc5ccc(C)cc5s4)cc3)C2=O)C1. The van der Waals surface area contributed by atoms with Crippen molar-refractivity contribution in [1.29, 1.82) is 0 Å². The molecule has 2 aliphatic rings. The zero-order valence-electron chi connectivity index (χ0n) is 21.1. The maximum atomic E-state index is 13.4. The molecular formula is C28H33N4O3S+. The average molecular weight is 506 g/mol. The van der Waals surface area contributed by atoms with E-state index < -0.39 is 6.04 Å². The fourth-order valence-corrected chi connectivity index (χ4v) is 6.62. The van der Waals surface area contributed by atoms with Crippen molar-refractivity contribution in [3.05, 3.63) is 48.0 Å². The average Bonchev–Trinajstić information content (AvgIpc) is 3.44. The minimum absolute atomic E-state index is 0.0810. The van der Waals surface area contributed by atoms with Crippen LogP contribution in [0.3, 0.4) is 0 Å². The number of piperidine rings is 1. The van der Waals surface area contributed by atoms with E-state index in [4.69, 9.17) is 4.98 Å². The van der Waals surface area contributed by atoms with Crippen molar-refractivity contribution in [2.75, 3.05) is 31.1 Å². The molecule has 0 aliphatic carbocycles. The summed E-state index contributed by atoms with van der Waals surface area (Å²) in [6.45, 7) is 8.88. The van der Waals surface area contributed by atoms with Crippen LogP contribution in [0, 0.1) is 12.8 Å². The molecule has 7 nitrogen and oxygen atoms in total. The molecule has 2 aliphatic heterocycles. The number of imide groups is 1. The molecule has 36 heavy (non-hydrogen) atoms. The Labute approximate surface area is 215 Å². The second kappa shape index (κ2) is 10.1. The van der Waals surface area contributed by atoms with Gasteiger partial charge in [0, 0.05) is 18.7 Å². The van der Waals surface area contributed by atoms with Crippen molar-refractivity contribution >= 4 is 45.0 Å². The van der Waals surface area contributed by atoms with Crippen LogP contribution in [0.15, 0.2) is 42.5 Å². The number of aryl methyl sites for hydroxylation is 1. The highest BCUT2D eigenvalue weighted by Gasteiger charge is 2.47. The second-order valence-electron chi connectivity index (χ2n) is 9.82. The van der Waals surface area contributed by atoms with E-state index >= 15 is 0 Å². The molecule has 0 saturated carbocycles. The Morgan fingerprint density at radius 2 is 1.89 bits per heavy atom. The Kier molecular flexibility index (Phi) is 6.90. The lowest BCUT2D eigenvalue weighted by atomic mass is 9.95. The van der Waals surface area contributed by atoms with Crippen LogP contribution in [0.1, 0.15) is 38.7 Å². The van der Waals surface area contributed by atoms with Crippen molar-refractivity contribution in [1.82, 2.24) is 9.88 Å². The lowest BCUT2D eigenvalue weighted by Crippen LogP contribution is -3.18. The van der Waals surface area contributed by atoms with Gasteiger partial charge in [-0.25, -0.2) is 9.88 Å². The number of carbonyl (C=O) groups excluding carboxylic acids is 3. The summed E-state index contributed by atoms with van der Waals surface area (Å²) in [5.41, 5.74) is 3.74. The van der Waals surface area contributed by atoms with Gasteiger partial charge in [-0.3, -0.25) is 14.4 Å². The fourth-order valence-electron chi connectivity index (χ4n) is 5.55. The number of fused-ring (bicyclic) bond motifs is 1. The molecule has 0 spiro atoms. The molecular weight excluding hydrogens is 472 g/mol. The first-order chi connectivity index (χ1) is 17.4. The van der Waals surface area contributed by atoms with Crippen LogP contribution in [0.4, 0.5) is 5.69 Å². The summed E-state index contributed by atoms with van der Waals surface area (Å²) in [5, 5.41) is 0.917. The van der Waals surface area contributed by atoms with E-state index in [9.17, 15) is 14.4 Å². The van der Waals surface area contributed by atoms with Crippen molar-refractivity contribution in [3.8, 4) is 10.6 Å². The monoisotopic (exact) mass is 505 g/mol. The molecule has 1 aromatic heterocycles. The maximum Gasteiger partial charge on any atom is 0.292 e. The Balaban J connectivity index is 1.31. The molecule has 188 valence electrons. The van der Waals surface area contributed by atoms with Gasteiger partial charge in [-0.1, -0.05) is 6.07 Å². The number of anilines is 1. The van der Waals surface area contributed by atoms with E-state index in [1.54, 1.807) is 11.3 Å². The van der Waals surface area contributed by atoms with Crippen LogP contribution in [0.25, 0.3) is 20.8 Å². The molecule has 0 radical (unpaired) electrons. The minimum atomic E-state index is -0.419. The Hall–Kier alpha value is -3.10. The molecule has 3 atom stereocenters. The number of aromatic nitrogens is 1. The molecule has 2 saturated heterocycles. The first-order valence-electron chi connectivity index (χ1n) is 12.9. The smallest absolute Gasteiger partial charge is 0.292 e. The summed E-state index contributed by atoms with van der Waals surface area (Å²) >= 11 is 1.64. The summed E-state index contributed by atoms with van der Waals surface area (Å²) in [7, 11) is 0. The maximum absolute atomic E-state index is 13.4. The van der Waals surface area contributed by atoms with Crippen LogP contribution in [0.5, 0.6) is 0 Å². The van der Waals surface area contributed by atoms with Crippen LogP contribution >= 0.6 is 11.3 Å². The lowest BCUT2D eigenvalue weighted by molar-refractivity contribution is -0.922. The van der Waals surface area contributed by atoms with E-state index in [0.29, 0.717) is 25.3 Å². The third-order valence-electron chi connectivity index (χ3n) is 7.54. The predicted molar refractivity (Wildman–Crippen MR) is 142 cm³/mol. The molecule has 1 unspecified atom stereocenters. The lowest BCUT2D eigenvalue weighted by Gasteiger charge is -2.34. The highest BCUT2D eigenvalue weighted by molar-refractivity contribution is 7.21. The van der Waals surface area contributed by atoms with E-state index in [0.717, 1.165) is 45.1 Å². The van der Waals surface area contributed by atoms with Gasteiger partial charge in [0.2, 0.25) is 11.8 Å². The number of carbonyl (C=O) groups is 3. The van der Waals surface area contributed by atoms with Crippen molar-refractivity contribution in [2.24, 2.45) is 5.92 Å². The Morgan fingerprint density at radius 1 is 1.14 bits per heavy atom. The molecule has 3 heterocycles. The number of hydrogen-bond acceptors (Lipinski definition) is 5. The Bertz CT molecular complexity index is 1300. The number of likely N-dealkylation sites (tertiary alicyclic amines) is 1. The number of quaternary nitrogens is 1. The van der Waals surface area contributed by atoms with Crippen molar-refractivity contribution < 1.29 is 19.3 Å². The fraction of sp³-hybridized carbons (Fsp3) is 0.429. The molecule has 5 rings (SSSR count). The van der Waals surface area contributed by atoms with Crippen molar-refractivity contribution in [3.63, 3.8) is 0 Å². The number of amides is 3. The first kappa shape index (κ1) is 24.6. The molecule has 2 aromatic carbocycles. The standard InChI is InChI=1S/C28H32N4O3S/c1-4-30(5-2)27(34)20-7-6-14-31(17-20)23-16-25(33)32(28(23)35)21-11-9-19(10-12-21)26-29-22-13-8-18(3)15-24(22)36-26/h8-13,15,20,23H,4-7,14,16-17H2,1-3H3/p+1/t20-,23-/m1/s1. The molecule has 8 heteroatoms. The van der Waals surface area contributed by atoms with Crippen LogP contribution in [0.2, 0.25) is 0 Å². The predicted octanol–water partition coefficient (Wildman–Crippen LogP) is 3.07. The normalized spacial score (nSPS) is 22.4. The molecule has 3 aromatic rings. The van der Waals surface area contributed by atoms with Crippen LogP contribution < -0.4 is 9.80 Å². The molecule has 1 N–H and O–H groups in total. The molecule has 3 amide bonds. The largest absolute Gasteiger partial charge is 0.343 e. The Morgan fingerprint density at radius 3 is 2.61 bits per heavy atom. The van der Waals surface area contributed by atoms with Gasteiger partial charge < -0.3 is 9.80 Å². The van der Waals surface area contributed by atoms with Crippen molar-refractivity contribution in [2.45, 2.75) is 46.1 Å². The summed E-state index contributed by atoms with van der Waals surface area (Å²) in [6, 6.07) is 13.3. The zero-order chi connectivity index (χ0) is 25.4. The second-order valence-corrected chi connectivity index (χ2v) is 10.9. The van der Waals surface area contributed by atoms with Gasteiger partial charge in [0.05, 0.1) is 41.3 Å². The van der Waals surface area contributed by atoms with Gasteiger partial charge in [-0.15, -0.1) is 11.3 Å². The topological polar surface area (TPSA) is 75.0 Å². The van der Waals surface area contributed by atoms with E-state index in [1.807, 2.05) is 49.1 Å². The van der Waals surface area contributed by atoms with Gasteiger partial charge in [0.1, 0.15) is 5.01 Å². The molecule has 0 bridgehead atoms. The van der Waals surface area contributed by atoms with E-state index in [-0.39, 0.29) is 30.1 Å². The van der Waals surface area contributed by atoms with Gasteiger partial charge >= 0.3 is 0 Å². The van der Waals surface area contributed by atoms with Gasteiger partial charge in [0.25, 0.3) is 5.91 Å². The number of nitrogens with one attached hydrogen (secondary N) is 1. The zero-order valence-corrected chi connectivity index (χ0v) is 21.9. The molecule has 2 fully saturated rings. The summed E-state index contributed by atoms with van der Waals surface area (Å²) in [6.07, 6.45) is 1.94. The summed E-state index contributed by atoms with van der Waals surface area (Å²) in [4.78, 5) is 48.3. The van der Waals surface area contributed by atoms with Crippen LogP contribution in [-0.4, -0.2) is 59.8 Å². The summed E-state index contributed by atoms with van der Waals surface area (Å²) < 4.78 is 1.14. The third-order valence-corrected chi connectivity index (χ3v) is 8.61. The highest BCUT2D eigenvalue weighted by atomic mass is 32.1. The van der Waals surface area contributed by atoms with E-state index in [1.165, 1.54) is 10.5 Å². The third kappa shape index (κ3) is 4.55. The van der Waals surface area contributed by atoms with Crippen LogP contribution in [-0.2, 0) is 14.4 Å². The number of benzene rings is 2. The van der Waals surface area contributed by atoms with Gasteiger partial charge in [-0.2, -0.15) is 0 Å². The van der Waals surface area contributed by atoms with Gasteiger partial charge in [0.15, 0.2) is 6.04 Å².